The van der Waals surface area contributed by atoms with E-state index in [0.717, 1.165) is 42.3 Å². The molecule has 1 aromatic heterocycles. The molecule has 0 spiro atoms. The van der Waals surface area contributed by atoms with Gasteiger partial charge in [-0.2, -0.15) is 0 Å². The fourth-order valence-corrected chi connectivity index (χ4v) is 6.40. The number of halogens is 2. The van der Waals surface area contributed by atoms with Crippen molar-refractivity contribution in [3.05, 3.63) is 125 Å². The Kier molecular flexibility index (Phi) is 13.0. The summed E-state index contributed by atoms with van der Waals surface area (Å²) in [7, 11) is 4.91. The fraction of sp³-hybridized carbons (Fsp3) is 0.256. The lowest BCUT2D eigenvalue weighted by atomic mass is 9.97. The predicted octanol–water partition coefficient (Wildman–Crippen LogP) is 10.1. The van der Waals surface area contributed by atoms with Crippen LogP contribution >= 0.6 is 11.6 Å². The maximum Gasteiger partial charge on any atom is 0.162 e. The molecule has 2 N–H and O–H groups in total. The number of unbranched alkanes of at least 4 members (excludes halogenated alkanes) is 2. The average Bonchev–Trinajstić information content (AvgIpc) is 3.20. The van der Waals surface area contributed by atoms with E-state index in [4.69, 9.17) is 35.3 Å². The number of hydrogen-bond acceptors (Lipinski definition) is 9. The summed E-state index contributed by atoms with van der Waals surface area (Å²) in [5.41, 5.74) is 6.89. The Balaban J connectivity index is 0.991. The van der Waals surface area contributed by atoms with Gasteiger partial charge in [0.2, 0.25) is 0 Å². The van der Waals surface area contributed by atoms with Crippen molar-refractivity contribution in [2.75, 3.05) is 39.8 Å². The molecule has 0 aliphatic rings. The molecule has 5 aromatic carbocycles. The number of nitrogens with zero attached hydrogens (tertiary/aromatic N) is 2. The van der Waals surface area contributed by atoms with Crippen molar-refractivity contribution >= 4 is 34.0 Å². The van der Waals surface area contributed by atoms with Gasteiger partial charge in [-0.15, -0.1) is 0 Å². The molecule has 0 saturated heterocycles. The van der Waals surface area contributed by atoms with Gasteiger partial charge in [-0.25, -0.2) is 14.4 Å². The zero-order chi connectivity index (χ0) is 37.9. The number of rotatable bonds is 18. The lowest BCUT2D eigenvalue weighted by Gasteiger charge is -2.17. The van der Waals surface area contributed by atoms with Crippen molar-refractivity contribution < 1.29 is 28.1 Å². The number of anilines is 2. The van der Waals surface area contributed by atoms with Crippen LogP contribution in [-0.4, -0.2) is 44.4 Å². The monoisotopic (exact) mass is 750 g/mol. The molecule has 1 heterocycles. The molecule has 6 rings (SSSR count). The van der Waals surface area contributed by atoms with Crippen LogP contribution in [-0.2, 0) is 13.2 Å². The third-order valence-electron chi connectivity index (χ3n) is 9.17. The number of aromatic nitrogens is 2. The van der Waals surface area contributed by atoms with Crippen LogP contribution < -0.4 is 34.3 Å². The minimum atomic E-state index is -0.490. The molecular formula is C43H44ClFN4O5. The van der Waals surface area contributed by atoms with E-state index in [2.05, 4.69) is 70.0 Å². The first-order valence-electron chi connectivity index (χ1n) is 17.8. The second-order valence-electron chi connectivity index (χ2n) is 12.6. The lowest BCUT2D eigenvalue weighted by molar-refractivity contribution is 0.285. The molecule has 0 amide bonds. The molecule has 0 fully saturated rings. The number of benzene rings is 5. The number of hydrogen-bond donors (Lipinski definition) is 2. The molecule has 0 radical (unpaired) electrons. The highest BCUT2D eigenvalue weighted by molar-refractivity contribution is 6.31. The van der Waals surface area contributed by atoms with Gasteiger partial charge in [-0.05, 0) is 79.3 Å². The van der Waals surface area contributed by atoms with Gasteiger partial charge in [-0.3, -0.25) is 0 Å². The van der Waals surface area contributed by atoms with E-state index in [1.165, 1.54) is 35.2 Å². The first-order chi connectivity index (χ1) is 26.4. The second-order valence-corrected chi connectivity index (χ2v) is 13.0. The third-order valence-corrected chi connectivity index (χ3v) is 9.46. The van der Waals surface area contributed by atoms with Crippen molar-refractivity contribution in [2.24, 2.45) is 0 Å². The van der Waals surface area contributed by atoms with Crippen LogP contribution in [0.4, 0.5) is 15.9 Å². The minimum Gasteiger partial charge on any atom is -0.496 e. The summed E-state index contributed by atoms with van der Waals surface area (Å²) in [5.74, 6) is 3.29. The molecule has 0 atom stereocenters. The molecule has 0 unspecified atom stereocenters. The summed E-state index contributed by atoms with van der Waals surface area (Å²) in [4.78, 5) is 8.77. The molecule has 0 bridgehead atoms. The summed E-state index contributed by atoms with van der Waals surface area (Å²) in [5, 5.41) is 7.47. The zero-order valence-electron chi connectivity index (χ0n) is 30.9. The van der Waals surface area contributed by atoms with Gasteiger partial charge >= 0.3 is 0 Å². The first-order valence-corrected chi connectivity index (χ1v) is 18.2. The first kappa shape index (κ1) is 38.2. The highest BCUT2D eigenvalue weighted by atomic mass is 35.5. The van der Waals surface area contributed by atoms with Crippen LogP contribution in [0.2, 0.25) is 5.02 Å². The maximum atomic E-state index is 13.7. The Morgan fingerprint density at radius 1 is 0.741 bits per heavy atom. The SMILES string of the molecule is COc1cc2ncnc(Nc3ccc(F)c(Cl)c3)c2cc1OCCCCCNCc1c(OC)cc(OCc2cccc(-c3ccccc3)c2C)cc1OC. The average molecular weight is 751 g/mol. The fourth-order valence-electron chi connectivity index (χ4n) is 6.22. The van der Waals surface area contributed by atoms with Gasteiger partial charge in [0.1, 0.15) is 41.8 Å². The second kappa shape index (κ2) is 18.4. The van der Waals surface area contributed by atoms with Crippen LogP contribution in [0.3, 0.4) is 0 Å². The van der Waals surface area contributed by atoms with Gasteiger partial charge in [0.05, 0.1) is 44.0 Å². The molecule has 280 valence electrons. The van der Waals surface area contributed by atoms with Crippen LogP contribution in [0.5, 0.6) is 28.7 Å². The maximum absolute atomic E-state index is 13.7. The van der Waals surface area contributed by atoms with E-state index in [0.29, 0.717) is 65.5 Å². The third kappa shape index (κ3) is 9.31. The highest BCUT2D eigenvalue weighted by Gasteiger charge is 2.16. The van der Waals surface area contributed by atoms with Crippen molar-refractivity contribution in [3.8, 4) is 39.9 Å². The van der Waals surface area contributed by atoms with E-state index in [1.807, 2.05) is 30.3 Å². The molecule has 0 saturated carbocycles. The number of methoxy groups -OCH3 is 3. The van der Waals surface area contributed by atoms with Crippen LogP contribution in [0, 0.1) is 12.7 Å². The van der Waals surface area contributed by atoms with Crippen molar-refractivity contribution in [1.29, 1.82) is 0 Å². The summed E-state index contributed by atoms with van der Waals surface area (Å²) in [6.07, 6.45) is 4.21. The number of nitrogens with one attached hydrogen (secondary N) is 2. The molecule has 0 aliphatic carbocycles. The molecule has 0 aliphatic heterocycles. The van der Waals surface area contributed by atoms with E-state index in [9.17, 15) is 4.39 Å². The Bertz CT molecular complexity index is 2160. The smallest absolute Gasteiger partial charge is 0.162 e. The predicted molar refractivity (Wildman–Crippen MR) is 212 cm³/mol. The van der Waals surface area contributed by atoms with E-state index in [-0.39, 0.29) is 5.02 Å². The summed E-state index contributed by atoms with van der Waals surface area (Å²) < 4.78 is 43.2. The van der Waals surface area contributed by atoms with E-state index >= 15 is 0 Å². The molecule has 11 heteroatoms. The van der Waals surface area contributed by atoms with Crippen LogP contribution in [0.25, 0.3) is 22.0 Å². The summed E-state index contributed by atoms with van der Waals surface area (Å²) in [6.45, 7) is 4.45. The Morgan fingerprint density at radius 2 is 1.52 bits per heavy atom. The van der Waals surface area contributed by atoms with Gasteiger partial charge in [-0.1, -0.05) is 60.1 Å². The standard InChI is InChI=1S/C43H44ClFN4O5/c1-28-30(14-11-15-33(28)29-12-7-5-8-13-29)26-54-32-21-39(50-2)35(40(22-32)51-3)25-46-18-9-6-10-19-53-42-23-34-38(24-41(42)52-4)47-27-48-43(34)49-31-16-17-37(45)36(44)20-31/h5,7-8,11-17,20-24,27,46H,6,9-10,18-19,25-26H2,1-4H3,(H,47,48,49). The van der Waals surface area contributed by atoms with Gasteiger partial charge in [0.25, 0.3) is 0 Å². The number of fused-ring (bicyclic) bond motifs is 1. The topological polar surface area (TPSA) is 96.0 Å². The Labute approximate surface area is 320 Å². The lowest BCUT2D eigenvalue weighted by Crippen LogP contribution is -2.16. The van der Waals surface area contributed by atoms with Gasteiger partial charge in [0, 0.05) is 35.8 Å². The van der Waals surface area contributed by atoms with Gasteiger partial charge < -0.3 is 34.3 Å². The Hall–Kier alpha value is -5.58. The van der Waals surface area contributed by atoms with Crippen molar-refractivity contribution in [2.45, 2.75) is 39.3 Å². The van der Waals surface area contributed by atoms with Gasteiger partial charge in [0.15, 0.2) is 11.5 Å². The molecule has 54 heavy (non-hydrogen) atoms. The van der Waals surface area contributed by atoms with Crippen LogP contribution in [0.15, 0.2) is 97.3 Å². The summed E-state index contributed by atoms with van der Waals surface area (Å²) in [6, 6.07) is 28.6. The van der Waals surface area contributed by atoms with Crippen molar-refractivity contribution in [3.63, 3.8) is 0 Å². The van der Waals surface area contributed by atoms with Crippen molar-refractivity contribution in [1.82, 2.24) is 15.3 Å². The van der Waals surface area contributed by atoms with E-state index in [1.54, 1.807) is 27.4 Å². The number of ether oxygens (including phenoxy) is 5. The zero-order valence-corrected chi connectivity index (χ0v) is 31.6. The van der Waals surface area contributed by atoms with Crippen LogP contribution in [0.1, 0.15) is 36.0 Å². The highest BCUT2D eigenvalue weighted by Crippen LogP contribution is 2.37. The molecular weight excluding hydrogens is 707 g/mol. The normalized spacial score (nSPS) is 11.0. The summed E-state index contributed by atoms with van der Waals surface area (Å²) >= 11 is 5.98. The minimum absolute atomic E-state index is 0.0194. The van der Waals surface area contributed by atoms with E-state index < -0.39 is 5.82 Å². The quantitative estimate of drug-likeness (QED) is 0.0833. The Morgan fingerprint density at radius 3 is 2.26 bits per heavy atom. The molecule has 9 nitrogen and oxygen atoms in total. The molecule has 6 aromatic rings. The largest absolute Gasteiger partial charge is 0.496 e.